The Hall–Kier alpha value is -0.752. The minimum Gasteiger partial charge on any atom is -0.409 e. The van der Waals surface area contributed by atoms with Gasteiger partial charge < -0.3 is 14.6 Å². The van der Waals surface area contributed by atoms with E-state index in [1.165, 1.54) is 23.9 Å². The zero-order chi connectivity index (χ0) is 12.4. The Bertz CT molecular complexity index is 500. The van der Waals surface area contributed by atoms with Crippen molar-refractivity contribution in [2.45, 2.75) is 18.4 Å². The fourth-order valence-corrected chi connectivity index (χ4v) is 1.76. The van der Waals surface area contributed by atoms with Crippen molar-refractivity contribution < 1.29 is 35.6 Å². The largest absolute Gasteiger partial charge is 0.409 e. The van der Waals surface area contributed by atoms with E-state index in [1.807, 2.05) is 0 Å². The first-order valence-electron chi connectivity index (χ1n) is 5.11. The van der Waals surface area contributed by atoms with Crippen LogP contribution in [0, 0.1) is 6.42 Å². The molecule has 7 nitrogen and oxygen atoms in total. The summed E-state index contributed by atoms with van der Waals surface area (Å²) in [6.45, 7) is -0.186. The first kappa shape index (κ1) is 15.3. The predicted molar refractivity (Wildman–Crippen MR) is 57.4 cm³/mol. The van der Waals surface area contributed by atoms with Crippen LogP contribution in [0.15, 0.2) is 21.9 Å². The Kier molecular flexibility index (Phi) is 5.46. The number of ether oxygens (including phenoxy) is 2. The fraction of sp³-hybridized carbons (Fsp3) is 0.500. The molecule has 1 aromatic heterocycles. The van der Waals surface area contributed by atoms with E-state index in [9.17, 15) is 9.59 Å². The minimum absolute atomic E-state index is 0. The van der Waals surface area contributed by atoms with Crippen LogP contribution < -0.4 is 11.2 Å². The second-order valence-electron chi connectivity index (χ2n) is 3.66. The van der Waals surface area contributed by atoms with Crippen LogP contribution in [0.5, 0.6) is 0 Å². The summed E-state index contributed by atoms with van der Waals surface area (Å²) in [7, 11) is 1.48. The molecule has 0 aromatic carbocycles. The number of methoxy groups -OCH3 is 1. The molecule has 1 aliphatic rings. The third-order valence-electron chi connectivity index (χ3n) is 2.58. The number of aliphatic hydroxyl groups is 1. The van der Waals surface area contributed by atoms with Gasteiger partial charge in [-0.3, -0.25) is 20.8 Å². The third kappa shape index (κ3) is 2.98. The van der Waals surface area contributed by atoms with Gasteiger partial charge in [0.2, 0.25) is 0 Å². The number of hydrogen-bond acceptors (Lipinski definition) is 5. The van der Waals surface area contributed by atoms with Gasteiger partial charge in [-0.05, 0) is 12.2 Å². The van der Waals surface area contributed by atoms with Crippen molar-refractivity contribution in [3.05, 3.63) is 39.5 Å². The Morgan fingerprint density at radius 1 is 1.61 bits per heavy atom. The van der Waals surface area contributed by atoms with Crippen LogP contribution in [-0.2, 0) is 30.5 Å². The standard InChI is InChI=1S/C10H13N2O5.Mo/c1-16-7-4-6(5-13)17-9(7)12-3-2-8(14)11-10(12)15;/h2-4,6-7,9,13H,5H2,1H3,(H,11,14,15);/q-1;/t6-,7+,9+;/m0./s1. The number of hydrogen-bond donors (Lipinski definition) is 2. The molecule has 0 spiro atoms. The Morgan fingerprint density at radius 3 is 2.89 bits per heavy atom. The van der Waals surface area contributed by atoms with E-state index in [4.69, 9.17) is 14.6 Å². The fourth-order valence-electron chi connectivity index (χ4n) is 1.76. The number of H-pyrrole nitrogens is 1. The molecule has 0 saturated carbocycles. The molecule has 18 heavy (non-hydrogen) atoms. The van der Waals surface area contributed by atoms with Gasteiger partial charge in [-0.15, -0.1) is 0 Å². The van der Waals surface area contributed by atoms with E-state index < -0.39 is 29.7 Å². The molecule has 0 aliphatic carbocycles. The second-order valence-corrected chi connectivity index (χ2v) is 3.66. The summed E-state index contributed by atoms with van der Waals surface area (Å²) in [5, 5.41) is 9.00. The van der Waals surface area contributed by atoms with Crippen LogP contribution in [0.3, 0.4) is 0 Å². The van der Waals surface area contributed by atoms with Gasteiger partial charge in [-0.1, -0.05) is 0 Å². The maximum atomic E-state index is 11.6. The summed E-state index contributed by atoms with van der Waals surface area (Å²) in [6.07, 6.45) is 1.40. The predicted octanol–water partition coefficient (Wildman–Crippen LogP) is -1.36. The van der Waals surface area contributed by atoms with E-state index in [-0.39, 0.29) is 27.7 Å². The van der Waals surface area contributed by atoms with Crippen molar-refractivity contribution in [1.29, 1.82) is 0 Å². The first-order valence-corrected chi connectivity index (χ1v) is 5.11. The molecule has 1 fully saturated rings. The van der Waals surface area contributed by atoms with Crippen LogP contribution in [0.2, 0.25) is 0 Å². The van der Waals surface area contributed by atoms with Crippen molar-refractivity contribution >= 4 is 0 Å². The molecule has 2 heterocycles. The minimum atomic E-state index is -0.679. The van der Waals surface area contributed by atoms with Gasteiger partial charge in [0.1, 0.15) is 6.23 Å². The summed E-state index contributed by atoms with van der Waals surface area (Å²) in [4.78, 5) is 24.7. The molecule has 8 heteroatoms. The molecule has 1 aromatic rings. The van der Waals surface area contributed by atoms with Crippen molar-refractivity contribution in [2.75, 3.05) is 13.7 Å². The summed E-state index contributed by atoms with van der Waals surface area (Å²) in [5.41, 5.74) is -1.04. The molecule has 2 N–H and O–H groups in total. The van der Waals surface area contributed by atoms with Crippen molar-refractivity contribution in [3.8, 4) is 0 Å². The van der Waals surface area contributed by atoms with Crippen LogP contribution >= 0.6 is 0 Å². The summed E-state index contributed by atoms with van der Waals surface area (Å²) in [5.74, 6) is 0. The molecular formula is C10H13MoN2O5-. The number of aromatic amines is 1. The monoisotopic (exact) mass is 339 g/mol. The molecule has 0 unspecified atom stereocenters. The number of aliphatic hydroxyl groups excluding tert-OH is 1. The molecule has 100 valence electrons. The first-order chi connectivity index (χ1) is 8.15. The van der Waals surface area contributed by atoms with Gasteiger partial charge in [0.05, 0.1) is 0 Å². The third-order valence-corrected chi connectivity index (χ3v) is 2.58. The maximum Gasteiger partial charge on any atom is 0.330 e. The van der Waals surface area contributed by atoms with E-state index >= 15 is 0 Å². The number of aromatic nitrogens is 2. The Labute approximate surface area is 117 Å². The van der Waals surface area contributed by atoms with Crippen molar-refractivity contribution in [1.82, 2.24) is 9.55 Å². The molecule has 0 bridgehead atoms. The number of rotatable bonds is 3. The van der Waals surface area contributed by atoms with Crippen LogP contribution in [0.4, 0.5) is 0 Å². The average molecular weight is 337 g/mol. The smallest absolute Gasteiger partial charge is 0.330 e. The van der Waals surface area contributed by atoms with E-state index in [1.54, 1.807) is 6.42 Å². The van der Waals surface area contributed by atoms with Gasteiger partial charge in [-0.25, -0.2) is 4.79 Å². The van der Waals surface area contributed by atoms with Crippen molar-refractivity contribution in [2.24, 2.45) is 0 Å². The normalized spacial score (nSPS) is 26.9. The summed E-state index contributed by atoms with van der Waals surface area (Å²) in [6, 6.07) is 1.23. The molecule has 1 aliphatic heterocycles. The molecular weight excluding hydrogens is 324 g/mol. The zero-order valence-corrected chi connectivity index (χ0v) is 11.6. The summed E-state index contributed by atoms with van der Waals surface area (Å²) >= 11 is 0. The molecule has 2 rings (SSSR count). The van der Waals surface area contributed by atoms with Crippen molar-refractivity contribution in [3.63, 3.8) is 0 Å². The van der Waals surface area contributed by atoms with Gasteiger partial charge in [0.15, 0.2) is 0 Å². The quantitative estimate of drug-likeness (QED) is 0.525. The maximum absolute atomic E-state index is 11.6. The molecule has 3 atom stereocenters. The average Bonchev–Trinajstić information content (AvgIpc) is 2.72. The molecule has 0 radical (unpaired) electrons. The Balaban J connectivity index is 0.00000162. The van der Waals surface area contributed by atoms with Gasteiger partial charge in [0, 0.05) is 47.0 Å². The van der Waals surface area contributed by atoms with Crippen LogP contribution in [0.25, 0.3) is 0 Å². The topological polar surface area (TPSA) is 93.5 Å². The SMILES string of the molecule is CO[C@@H]1[CH-][C@@H](CO)O[C@H]1n1ccc(=O)[nH]c1=O.[Mo]. The van der Waals surface area contributed by atoms with Gasteiger partial charge in [0.25, 0.3) is 5.56 Å². The van der Waals surface area contributed by atoms with Gasteiger partial charge in [-0.2, -0.15) is 0 Å². The molecule has 1 saturated heterocycles. The van der Waals surface area contributed by atoms with Crippen LogP contribution in [0.1, 0.15) is 6.23 Å². The number of nitrogens with zero attached hydrogens (tertiary/aromatic N) is 1. The second kappa shape index (κ2) is 6.43. The van der Waals surface area contributed by atoms with E-state index in [2.05, 4.69) is 4.98 Å². The van der Waals surface area contributed by atoms with Gasteiger partial charge >= 0.3 is 5.69 Å². The summed E-state index contributed by atoms with van der Waals surface area (Å²) < 4.78 is 11.8. The molecule has 0 amide bonds. The van der Waals surface area contributed by atoms with E-state index in [0.717, 1.165) is 0 Å². The Morgan fingerprint density at radius 2 is 2.33 bits per heavy atom. The van der Waals surface area contributed by atoms with Crippen LogP contribution in [-0.4, -0.2) is 40.6 Å². The van der Waals surface area contributed by atoms with E-state index in [0.29, 0.717) is 0 Å². The number of nitrogens with one attached hydrogen (secondary N) is 1. The zero-order valence-electron chi connectivity index (χ0n) is 9.61.